The number of nitrogens with zero attached hydrogens (tertiary/aromatic N) is 1. The lowest BCUT2D eigenvalue weighted by molar-refractivity contribution is -0.133. The van der Waals surface area contributed by atoms with Gasteiger partial charge in [0.05, 0.1) is 7.11 Å². The van der Waals surface area contributed by atoms with Crippen molar-refractivity contribution in [2.24, 2.45) is 5.92 Å². The molecule has 1 heterocycles. The predicted octanol–water partition coefficient (Wildman–Crippen LogP) is 4.58. The second-order valence-corrected chi connectivity index (χ2v) is 9.01. The van der Waals surface area contributed by atoms with E-state index in [-0.39, 0.29) is 11.8 Å². The molecule has 0 radical (unpaired) electrons. The molecule has 32 heavy (non-hydrogen) atoms. The molecule has 2 amide bonds. The molecule has 5 nitrogen and oxygen atoms in total. The maximum atomic E-state index is 12.8. The van der Waals surface area contributed by atoms with Gasteiger partial charge in [0.2, 0.25) is 11.8 Å². The third-order valence-corrected chi connectivity index (χ3v) is 6.18. The Morgan fingerprint density at radius 2 is 1.84 bits per heavy atom. The highest BCUT2D eigenvalue weighted by molar-refractivity contribution is 5.77. The van der Waals surface area contributed by atoms with Crippen molar-refractivity contribution in [3.63, 3.8) is 0 Å². The van der Waals surface area contributed by atoms with Crippen LogP contribution in [0.25, 0.3) is 0 Å². The molecule has 1 saturated heterocycles. The lowest BCUT2D eigenvalue weighted by Crippen LogP contribution is -2.40. The number of likely N-dealkylation sites (tertiary alicyclic amines) is 1. The van der Waals surface area contributed by atoms with Gasteiger partial charge >= 0.3 is 0 Å². The molecule has 172 valence electrons. The Bertz CT molecular complexity index is 905. The molecule has 2 aromatic rings. The van der Waals surface area contributed by atoms with Gasteiger partial charge in [-0.15, -0.1) is 0 Å². The SMILES string of the molecule is COc1cccc(CNC(=O)CC[C@@H]2CCCN(C(=O)CCc3cc(C)cc(C)c3)C2)c1. The first kappa shape index (κ1) is 23.8. The molecule has 3 rings (SSSR count). The first-order valence-electron chi connectivity index (χ1n) is 11.7. The van der Waals surface area contributed by atoms with Crippen molar-refractivity contribution in [3.8, 4) is 5.75 Å². The maximum absolute atomic E-state index is 12.8. The van der Waals surface area contributed by atoms with E-state index >= 15 is 0 Å². The van der Waals surface area contributed by atoms with Gasteiger partial charge in [-0.3, -0.25) is 9.59 Å². The fourth-order valence-corrected chi connectivity index (χ4v) is 4.56. The van der Waals surface area contributed by atoms with Crippen molar-refractivity contribution >= 4 is 11.8 Å². The van der Waals surface area contributed by atoms with Crippen LogP contribution in [0.1, 0.15) is 54.4 Å². The van der Waals surface area contributed by atoms with Crippen molar-refractivity contribution in [1.29, 1.82) is 0 Å². The van der Waals surface area contributed by atoms with Crippen LogP contribution < -0.4 is 10.1 Å². The first-order chi connectivity index (χ1) is 15.4. The fourth-order valence-electron chi connectivity index (χ4n) is 4.56. The molecule has 1 N–H and O–H groups in total. The number of benzene rings is 2. The summed E-state index contributed by atoms with van der Waals surface area (Å²) in [5, 5.41) is 3.00. The number of methoxy groups -OCH3 is 1. The summed E-state index contributed by atoms with van der Waals surface area (Å²) >= 11 is 0. The van der Waals surface area contributed by atoms with E-state index in [4.69, 9.17) is 4.74 Å². The van der Waals surface area contributed by atoms with Crippen LogP contribution in [0, 0.1) is 19.8 Å². The van der Waals surface area contributed by atoms with Crippen LogP contribution in [0.5, 0.6) is 5.75 Å². The van der Waals surface area contributed by atoms with Gasteiger partial charge in [0.15, 0.2) is 0 Å². The molecule has 2 aromatic carbocycles. The number of hydrogen-bond acceptors (Lipinski definition) is 3. The topological polar surface area (TPSA) is 58.6 Å². The standard InChI is InChI=1S/C27H36N2O3/c1-20-14-21(2)16-23(15-20)10-12-27(31)29-13-5-7-22(19-29)9-11-26(30)28-18-24-6-4-8-25(17-24)32-3/h4,6,8,14-17,22H,5,7,9-13,18-19H2,1-3H3,(H,28,30)/t22-/m0/s1. The normalized spacial score (nSPS) is 16.0. The van der Waals surface area contributed by atoms with Crippen LogP contribution in [0.3, 0.4) is 0 Å². The molecule has 0 aliphatic carbocycles. The summed E-state index contributed by atoms with van der Waals surface area (Å²) in [6.45, 7) is 6.31. The van der Waals surface area contributed by atoms with E-state index in [1.165, 1.54) is 16.7 Å². The Balaban J connectivity index is 1.40. The van der Waals surface area contributed by atoms with E-state index in [9.17, 15) is 9.59 Å². The monoisotopic (exact) mass is 436 g/mol. The molecule has 0 spiro atoms. The minimum Gasteiger partial charge on any atom is -0.497 e. The fraction of sp³-hybridized carbons (Fsp3) is 0.481. The number of carbonyl (C=O) groups excluding carboxylic acids is 2. The van der Waals surface area contributed by atoms with Crippen molar-refractivity contribution in [2.75, 3.05) is 20.2 Å². The number of rotatable bonds is 9. The van der Waals surface area contributed by atoms with Crippen LogP contribution in [-0.2, 0) is 22.6 Å². The van der Waals surface area contributed by atoms with Crippen LogP contribution in [0.2, 0.25) is 0 Å². The minimum atomic E-state index is 0.0612. The molecule has 1 aliphatic heterocycles. The van der Waals surface area contributed by atoms with Crippen molar-refractivity contribution < 1.29 is 14.3 Å². The molecule has 0 aromatic heterocycles. The molecule has 5 heteroatoms. The Hall–Kier alpha value is -2.82. The van der Waals surface area contributed by atoms with Gasteiger partial charge in [0.25, 0.3) is 0 Å². The summed E-state index contributed by atoms with van der Waals surface area (Å²) < 4.78 is 5.23. The maximum Gasteiger partial charge on any atom is 0.222 e. The van der Waals surface area contributed by atoms with Gasteiger partial charge in [-0.05, 0) is 68.7 Å². The zero-order chi connectivity index (χ0) is 22.9. The summed E-state index contributed by atoms with van der Waals surface area (Å²) in [6.07, 6.45) is 4.77. The Morgan fingerprint density at radius 3 is 2.59 bits per heavy atom. The zero-order valence-corrected chi connectivity index (χ0v) is 19.7. The highest BCUT2D eigenvalue weighted by atomic mass is 16.5. The molecular formula is C27H36N2O3. The van der Waals surface area contributed by atoms with E-state index in [1.807, 2.05) is 29.2 Å². The van der Waals surface area contributed by atoms with E-state index in [0.29, 0.717) is 25.3 Å². The highest BCUT2D eigenvalue weighted by Gasteiger charge is 2.23. The summed E-state index contributed by atoms with van der Waals surface area (Å²) in [7, 11) is 1.64. The Kier molecular flexibility index (Phi) is 8.72. The van der Waals surface area contributed by atoms with E-state index in [0.717, 1.165) is 50.1 Å². The summed E-state index contributed by atoms with van der Waals surface area (Å²) in [6, 6.07) is 14.2. The number of piperidine rings is 1. The van der Waals surface area contributed by atoms with Crippen LogP contribution in [-0.4, -0.2) is 36.9 Å². The molecule has 1 aliphatic rings. The lowest BCUT2D eigenvalue weighted by atomic mass is 9.92. The van der Waals surface area contributed by atoms with Crippen molar-refractivity contribution in [2.45, 2.75) is 58.9 Å². The highest BCUT2D eigenvalue weighted by Crippen LogP contribution is 2.22. The zero-order valence-electron chi connectivity index (χ0n) is 19.7. The molecule has 1 atom stereocenters. The Morgan fingerprint density at radius 1 is 1.06 bits per heavy atom. The van der Waals surface area contributed by atoms with E-state index < -0.39 is 0 Å². The third kappa shape index (κ3) is 7.40. The number of ether oxygens (including phenoxy) is 1. The second kappa shape index (κ2) is 11.7. The largest absolute Gasteiger partial charge is 0.497 e. The number of hydrogen-bond donors (Lipinski definition) is 1. The average molecular weight is 437 g/mol. The van der Waals surface area contributed by atoms with Gasteiger partial charge in [-0.1, -0.05) is 41.5 Å². The molecule has 0 bridgehead atoms. The number of aryl methyl sites for hydroxylation is 3. The molecule has 1 fully saturated rings. The smallest absolute Gasteiger partial charge is 0.222 e. The predicted molar refractivity (Wildman–Crippen MR) is 128 cm³/mol. The van der Waals surface area contributed by atoms with Crippen LogP contribution in [0.4, 0.5) is 0 Å². The number of nitrogens with one attached hydrogen (secondary N) is 1. The molecule has 0 saturated carbocycles. The van der Waals surface area contributed by atoms with E-state index in [2.05, 4.69) is 37.4 Å². The van der Waals surface area contributed by atoms with Gasteiger partial charge in [-0.2, -0.15) is 0 Å². The summed E-state index contributed by atoms with van der Waals surface area (Å²) in [5.41, 5.74) is 4.75. The summed E-state index contributed by atoms with van der Waals surface area (Å²) in [5.74, 6) is 1.49. The van der Waals surface area contributed by atoms with Gasteiger partial charge in [0, 0.05) is 32.5 Å². The van der Waals surface area contributed by atoms with Crippen LogP contribution >= 0.6 is 0 Å². The van der Waals surface area contributed by atoms with E-state index in [1.54, 1.807) is 7.11 Å². The minimum absolute atomic E-state index is 0.0612. The number of amides is 2. The van der Waals surface area contributed by atoms with Crippen molar-refractivity contribution in [1.82, 2.24) is 10.2 Å². The summed E-state index contributed by atoms with van der Waals surface area (Å²) in [4.78, 5) is 27.1. The molecular weight excluding hydrogens is 400 g/mol. The van der Waals surface area contributed by atoms with Gasteiger partial charge in [-0.25, -0.2) is 0 Å². The number of carbonyl (C=O) groups is 2. The lowest BCUT2D eigenvalue weighted by Gasteiger charge is -2.33. The van der Waals surface area contributed by atoms with Crippen LogP contribution in [0.15, 0.2) is 42.5 Å². The average Bonchev–Trinajstić information content (AvgIpc) is 2.79. The quantitative estimate of drug-likeness (QED) is 0.626. The second-order valence-electron chi connectivity index (χ2n) is 9.01. The Labute approximate surface area is 192 Å². The van der Waals surface area contributed by atoms with Gasteiger partial charge < -0.3 is 15.0 Å². The molecule has 0 unspecified atom stereocenters. The third-order valence-electron chi connectivity index (χ3n) is 6.18. The first-order valence-corrected chi connectivity index (χ1v) is 11.7. The van der Waals surface area contributed by atoms with Gasteiger partial charge in [0.1, 0.15) is 5.75 Å². The van der Waals surface area contributed by atoms with Crippen molar-refractivity contribution in [3.05, 3.63) is 64.7 Å².